The lowest BCUT2D eigenvalue weighted by Gasteiger charge is -2.30. The zero-order chi connectivity index (χ0) is 16.2. The maximum Gasteiger partial charge on any atom is 0.129 e. The van der Waals surface area contributed by atoms with Gasteiger partial charge in [0.2, 0.25) is 0 Å². The fourth-order valence-electron chi connectivity index (χ4n) is 3.60. The molecule has 3 rings (SSSR count). The summed E-state index contributed by atoms with van der Waals surface area (Å²) in [5.41, 5.74) is 0.554. The van der Waals surface area contributed by atoms with E-state index in [1.54, 1.807) is 12.1 Å². The largest absolute Gasteiger partial charge is 0.396 e. The van der Waals surface area contributed by atoms with Gasteiger partial charge in [0.25, 0.3) is 0 Å². The fourth-order valence-corrected chi connectivity index (χ4v) is 3.82. The van der Waals surface area contributed by atoms with E-state index in [9.17, 15) is 9.50 Å². The number of likely N-dealkylation sites (tertiary alicyclic amines) is 1. The van der Waals surface area contributed by atoms with Crippen molar-refractivity contribution in [2.45, 2.75) is 6.54 Å². The molecule has 0 aromatic heterocycles. The van der Waals surface area contributed by atoms with Gasteiger partial charge in [0.1, 0.15) is 5.82 Å². The summed E-state index contributed by atoms with van der Waals surface area (Å²) < 4.78 is 19.4. The summed E-state index contributed by atoms with van der Waals surface area (Å²) in [6, 6.07) is 4.81. The molecule has 2 aliphatic rings. The van der Waals surface area contributed by atoms with Crippen LogP contribution in [-0.4, -0.2) is 67.5 Å². The number of halogens is 2. The summed E-state index contributed by atoms with van der Waals surface area (Å²) in [4.78, 5) is 4.60. The molecule has 1 aromatic rings. The predicted molar refractivity (Wildman–Crippen MR) is 88.0 cm³/mol. The molecule has 0 spiro atoms. The number of nitrogens with zero attached hydrogens (tertiary/aromatic N) is 2. The van der Waals surface area contributed by atoms with Gasteiger partial charge in [-0.25, -0.2) is 4.39 Å². The molecule has 0 radical (unpaired) electrons. The van der Waals surface area contributed by atoms with Crippen LogP contribution >= 0.6 is 11.6 Å². The number of aliphatic hydroxyl groups is 1. The Morgan fingerprint density at radius 2 is 1.91 bits per heavy atom. The van der Waals surface area contributed by atoms with Gasteiger partial charge < -0.3 is 9.84 Å². The topological polar surface area (TPSA) is 35.9 Å². The minimum atomic E-state index is -0.255. The summed E-state index contributed by atoms with van der Waals surface area (Å²) in [7, 11) is 0. The highest BCUT2D eigenvalue weighted by Crippen LogP contribution is 2.28. The molecule has 128 valence electrons. The van der Waals surface area contributed by atoms with Crippen molar-refractivity contribution in [3.8, 4) is 0 Å². The molecule has 6 heteroatoms. The molecule has 0 aliphatic carbocycles. The van der Waals surface area contributed by atoms with E-state index in [2.05, 4.69) is 9.80 Å². The number of ether oxygens (including phenoxy) is 1. The average molecular weight is 343 g/mol. The third kappa shape index (κ3) is 4.22. The number of rotatable bonds is 5. The van der Waals surface area contributed by atoms with Gasteiger partial charge in [0.05, 0.1) is 13.2 Å². The van der Waals surface area contributed by atoms with Gasteiger partial charge in [-0.2, -0.15) is 0 Å². The van der Waals surface area contributed by atoms with E-state index in [0.717, 1.165) is 45.9 Å². The first-order valence-electron chi connectivity index (χ1n) is 8.23. The number of benzene rings is 1. The molecule has 2 atom stereocenters. The summed E-state index contributed by atoms with van der Waals surface area (Å²) in [6.07, 6.45) is 0. The van der Waals surface area contributed by atoms with Crippen molar-refractivity contribution in [3.05, 3.63) is 34.6 Å². The Hall–Kier alpha value is -0.720. The van der Waals surface area contributed by atoms with E-state index in [1.165, 1.54) is 6.07 Å². The fraction of sp³-hybridized carbons (Fsp3) is 0.647. The van der Waals surface area contributed by atoms with E-state index in [1.807, 2.05) is 0 Å². The Kier molecular flexibility index (Phi) is 5.88. The van der Waals surface area contributed by atoms with Gasteiger partial charge >= 0.3 is 0 Å². The van der Waals surface area contributed by atoms with Crippen LogP contribution in [0.15, 0.2) is 18.2 Å². The zero-order valence-electron chi connectivity index (χ0n) is 13.3. The van der Waals surface area contributed by atoms with Gasteiger partial charge in [-0.1, -0.05) is 17.7 Å². The number of hydrogen-bond acceptors (Lipinski definition) is 4. The first-order chi connectivity index (χ1) is 11.2. The van der Waals surface area contributed by atoms with Crippen molar-refractivity contribution in [2.75, 3.05) is 52.5 Å². The number of hydrogen-bond donors (Lipinski definition) is 1. The SMILES string of the molecule is OC[C@H]1CN(Cc2c(F)cccc2Cl)C[C@H]1CN1CCOCC1. The van der Waals surface area contributed by atoms with Gasteiger partial charge in [-0.3, -0.25) is 9.80 Å². The third-order valence-corrected chi connectivity index (χ3v) is 5.28. The molecule has 2 aliphatic heterocycles. The molecular formula is C17H24ClFN2O2. The number of morpholine rings is 1. The summed E-state index contributed by atoms with van der Waals surface area (Å²) in [5, 5.41) is 10.2. The van der Waals surface area contributed by atoms with Crippen LogP contribution in [0.25, 0.3) is 0 Å². The Morgan fingerprint density at radius 3 is 2.61 bits per heavy atom. The average Bonchev–Trinajstić information content (AvgIpc) is 2.94. The minimum Gasteiger partial charge on any atom is -0.396 e. The molecule has 0 unspecified atom stereocenters. The maximum absolute atomic E-state index is 14.0. The second-order valence-electron chi connectivity index (χ2n) is 6.51. The number of aliphatic hydroxyl groups excluding tert-OH is 1. The Labute approximate surface area is 141 Å². The summed E-state index contributed by atoms with van der Waals surface area (Å²) in [6.45, 7) is 6.77. The summed E-state index contributed by atoms with van der Waals surface area (Å²) >= 11 is 6.13. The molecule has 2 saturated heterocycles. The van der Waals surface area contributed by atoms with Crippen LogP contribution in [0.4, 0.5) is 4.39 Å². The van der Waals surface area contributed by atoms with Crippen molar-refractivity contribution >= 4 is 11.6 Å². The maximum atomic E-state index is 14.0. The lowest BCUT2D eigenvalue weighted by Crippen LogP contribution is -2.41. The normalized spacial score (nSPS) is 26.7. The van der Waals surface area contributed by atoms with E-state index in [0.29, 0.717) is 23.0 Å². The Morgan fingerprint density at radius 1 is 1.17 bits per heavy atom. The molecule has 23 heavy (non-hydrogen) atoms. The highest BCUT2D eigenvalue weighted by Gasteiger charge is 2.34. The van der Waals surface area contributed by atoms with Crippen LogP contribution in [0.3, 0.4) is 0 Å². The first-order valence-corrected chi connectivity index (χ1v) is 8.61. The quantitative estimate of drug-likeness (QED) is 0.886. The zero-order valence-corrected chi connectivity index (χ0v) is 14.0. The molecule has 0 amide bonds. The van der Waals surface area contributed by atoms with Crippen LogP contribution < -0.4 is 0 Å². The van der Waals surface area contributed by atoms with Gasteiger partial charge in [-0.05, 0) is 24.0 Å². The molecule has 2 fully saturated rings. The van der Waals surface area contributed by atoms with Gasteiger partial charge in [-0.15, -0.1) is 0 Å². The van der Waals surface area contributed by atoms with Crippen molar-refractivity contribution in [1.29, 1.82) is 0 Å². The first kappa shape index (κ1) is 17.1. The van der Waals surface area contributed by atoms with Crippen LogP contribution in [0.5, 0.6) is 0 Å². The molecule has 0 saturated carbocycles. The Bertz CT molecular complexity index is 505. The smallest absolute Gasteiger partial charge is 0.129 e. The van der Waals surface area contributed by atoms with Crippen LogP contribution in [-0.2, 0) is 11.3 Å². The van der Waals surface area contributed by atoms with Crippen LogP contribution in [0.1, 0.15) is 5.56 Å². The summed E-state index contributed by atoms with van der Waals surface area (Å²) in [5.74, 6) is 0.390. The lowest BCUT2D eigenvalue weighted by atomic mass is 9.96. The van der Waals surface area contributed by atoms with E-state index in [4.69, 9.17) is 16.3 Å². The van der Waals surface area contributed by atoms with Crippen LogP contribution in [0, 0.1) is 17.7 Å². The van der Waals surface area contributed by atoms with Gasteiger partial charge in [0, 0.05) is 56.5 Å². The monoisotopic (exact) mass is 342 g/mol. The van der Waals surface area contributed by atoms with Crippen molar-refractivity contribution in [1.82, 2.24) is 9.80 Å². The standard InChI is InChI=1S/C17H24ClFN2O2/c18-16-2-1-3-17(19)15(16)11-21-9-13(14(10-21)12-22)8-20-4-6-23-7-5-20/h1-3,13-14,22H,4-12H2/t13-,14-/m1/s1. The molecule has 0 bridgehead atoms. The lowest BCUT2D eigenvalue weighted by molar-refractivity contribution is 0.0264. The third-order valence-electron chi connectivity index (χ3n) is 4.93. The highest BCUT2D eigenvalue weighted by molar-refractivity contribution is 6.31. The van der Waals surface area contributed by atoms with Gasteiger partial charge in [0.15, 0.2) is 0 Å². The Balaban J connectivity index is 1.61. The molecule has 1 aromatic carbocycles. The van der Waals surface area contributed by atoms with E-state index >= 15 is 0 Å². The van der Waals surface area contributed by atoms with E-state index < -0.39 is 0 Å². The molecule has 4 nitrogen and oxygen atoms in total. The molecular weight excluding hydrogens is 319 g/mol. The second kappa shape index (κ2) is 7.90. The molecule has 2 heterocycles. The van der Waals surface area contributed by atoms with Crippen molar-refractivity contribution in [2.24, 2.45) is 11.8 Å². The predicted octanol–water partition coefficient (Wildman–Crippen LogP) is 1.85. The van der Waals surface area contributed by atoms with Crippen molar-refractivity contribution < 1.29 is 14.2 Å². The molecule has 1 N–H and O–H groups in total. The van der Waals surface area contributed by atoms with Crippen molar-refractivity contribution in [3.63, 3.8) is 0 Å². The van der Waals surface area contributed by atoms with Crippen LogP contribution in [0.2, 0.25) is 5.02 Å². The minimum absolute atomic E-state index is 0.177. The highest BCUT2D eigenvalue weighted by atomic mass is 35.5. The van der Waals surface area contributed by atoms with E-state index in [-0.39, 0.29) is 18.3 Å². The second-order valence-corrected chi connectivity index (χ2v) is 6.92.